The van der Waals surface area contributed by atoms with E-state index in [1.165, 1.54) is 64.2 Å². The lowest BCUT2D eigenvalue weighted by Crippen LogP contribution is -2.36. The second-order valence-corrected chi connectivity index (χ2v) is 5.39. The van der Waals surface area contributed by atoms with Gasteiger partial charge in [-0.05, 0) is 32.6 Å². The summed E-state index contributed by atoms with van der Waals surface area (Å²) in [6.07, 6.45) is 14.2. The summed E-state index contributed by atoms with van der Waals surface area (Å²) in [6.45, 7) is 2.33. The predicted molar refractivity (Wildman–Crippen MR) is 63.1 cm³/mol. The lowest BCUT2D eigenvalue weighted by Gasteiger charge is -2.38. The molecule has 0 heterocycles. The summed E-state index contributed by atoms with van der Waals surface area (Å²) in [6, 6.07) is 0. The second kappa shape index (κ2) is 5.86. The summed E-state index contributed by atoms with van der Waals surface area (Å²) in [5, 5.41) is 0. The Morgan fingerprint density at radius 1 is 0.867 bits per heavy atom. The van der Waals surface area contributed by atoms with Crippen LogP contribution in [-0.2, 0) is 4.74 Å². The van der Waals surface area contributed by atoms with Gasteiger partial charge >= 0.3 is 0 Å². The largest absolute Gasteiger partial charge is 0.412 e. The highest BCUT2D eigenvalue weighted by atomic mass is 16.5. The monoisotopic (exact) mass is 214 g/mol. The van der Waals surface area contributed by atoms with Crippen LogP contribution in [0.3, 0.4) is 0 Å². The van der Waals surface area contributed by atoms with E-state index in [9.17, 15) is 0 Å². The molecule has 0 aromatic heterocycles. The quantitative estimate of drug-likeness (QED) is 0.695. The number of hydrogen-bond donors (Lipinski definition) is 0. The van der Waals surface area contributed by atoms with E-state index in [4.69, 9.17) is 4.74 Å². The third-order valence-corrected chi connectivity index (χ3v) is 3.91. The molecular weight excluding hydrogens is 188 g/mol. The fraction of sp³-hybridized carbons (Fsp3) is 1.00. The van der Waals surface area contributed by atoms with Crippen LogP contribution >= 0.6 is 0 Å². The maximum Gasteiger partial charge on any atom is 0.0658 e. The molecule has 15 heavy (non-hydrogen) atoms. The fourth-order valence-corrected chi connectivity index (χ4v) is 3.00. The third-order valence-electron chi connectivity index (χ3n) is 3.91. The summed E-state index contributed by atoms with van der Waals surface area (Å²) in [5.41, 5.74) is 0.236. The molecule has 0 radical (unpaired) electrons. The molecule has 2 fully saturated rings. The number of rotatable bonds is 2. The molecule has 2 rings (SSSR count). The molecule has 2 aliphatic carbocycles. The average Bonchev–Trinajstić information content (AvgIpc) is 2.19. The van der Waals surface area contributed by atoms with Crippen LogP contribution in [0.25, 0.3) is 0 Å². The van der Waals surface area contributed by atoms with Gasteiger partial charge in [-0.3, -0.25) is 0 Å². The van der Waals surface area contributed by atoms with Crippen LogP contribution in [0.2, 0.25) is 0 Å². The Morgan fingerprint density at radius 2 is 1.40 bits per heavy atom. The zero-order valence-electron chi connectivity index (χ0n) is 10.1. The van der Waals surface area contributed by atoms with Gasteiger partial charge in [-0.15, -0.1) is 0 Å². The van der Waals surface area contributed by atoms with Crippen LogP contribution in [0.1, 0.15) is 71.1 Å². The van der Waals surface area contributed by atoms with Gasteiger partial charge in [0, 0.05) is 0 Å². The zero-order valence-corrected chi connectivity index (χ0v) is 10.1. The van der Waals surface area contributed by atoms with Crippen molar-refractivity contribution < 1.29 is 10.2 Å². The van der Waals surface area contributed by atoms with Crippen LogP contribution in [0.4, 0.5) is 0 Å². The maximum atomic E-state index is 6.32. The molecule has 2 heteroatoms. The van der Waals surface area contributed by atoms with Crippen molar-refractivity contribution in [2.24, 2.45) is 0 Å². The van der Waals surface area contributed by atoms with Gasteiger partial charge in [0.1, 0.15) is 0 Å². The summed E-state index contributed by atoms with van der Waals surface area (Å²) in [4.78, 5) is 0. The first-order valence-electron chi connectivity index (χ1n) is 6.46. The first-order valence-corrected chi connectivity index (χ1v) is 6.46. The molecule has 0 saturated heterocycles. The van der Waals surface area contributed by atoms with Crippen molar-refractivity contribution in [1.82, 2.24) is 0 Å². The average molecular weight is 214 g/mol. The number of ether oxygens (including phenoxy) is 1. The van der Waals surface area contributed by atoms with Crippen LogP contribution in [0, 0.1) is 0 Å². The van der Waals surface area contributed by atoms with E-state index in [1.54, 1.807) is 0 Å². The molecule has 0 spiro atoms. The predicted octanol–water partition coefficient (Wildman–Crippen LogP) is 3.23. The first-order chi connectivity index (χ1) is 6.79. The van der Waals surface area contributed by atoms with E-state index >= 15 is 0 Å². The molecule has 0 atom stereocenters. The number of hydrogen-bond acceptors (Lipinski definition) is 1. The van der Waals surface area contributed by atoms with E-state index in [0.29, 0.717) is 6.10 Å². The lowest BCUT2D eigenvalue weighted by molar-refractivity contribution is -0.112. The Labute approximate surface area is 93.7 Å². The molecule has 90 valence electrons. The van der Waals surface area contributed by atoms with E-state index in [0.717, 1.165) is 0 Å². The van der Waals surface area contributed by atoms with Gasteiger partial charge in [-0.2, -0.15) is 0 Å². The molecule has 0 aromatic carbocycles. The van der Waals surface area contributed by atoms with Crippen LogP contribution in [0.5, 0.6) is 0 Å². The lowest BCUT2D eigenvalue weighted by atomic mass is 9.85. The minimum Gasteiger partial charge on any atom is -0.412 e. The van der Waals surface area contributed by atoms with Gasteiger partial charge in [0.05, 0.1) is 11.7 Å². The minimum atomic E-state index is 0. The molecule has 0 aromatic rings. The Kier molecular flexibility index (Phi) is 5.07. The highest BCUT2D eigenvalue weighted by Crippen LogP contribution is 2.34. The molecule has 2 nitrogen and oxygen atoms in total. The highest BCUT2D eigenvalue weighted by Gasteiger charge is 2.30. The second-order valence-electron chi connectivity index (χ2n) is 5.39. The molecule has 0 bridgehead atoms. The highest BCUT2D eigenvalue weighted by molar-refractivity contribution is 4.81. The summed E-state index contributed by atoms with van der Waals surface area (Å²) in [7, 11) is 0. The van der Waals surface area contributed by atoms with Gasteiger partial charge in [0.15, 0.2) is 0 Å². The third kappa shape index (κ3) is 3.76. The van der Waals surface area contributed by atoms with E-state index < -0.39 is 0 Å². The smallest absolute Gasteiger partial charge is 0.0658 e. The van der Waals surface area contributed by atoms with Crippen molar-refractivity contribution in [2.75, 3.05) is 0 Å². The standard InChI is InChI=1S/C13H24O.H2O/c1-13(10-6-3-7-11-13)14-12-8-4-2-5-9-12;/h12H,2-11H2,1H3;1H2. The molecular formula is C13H26O2. The van der Waals surface area contributed by atoms with Gasteiger partial charge in [0.25, 0.3) is 0 Å². The van der Waals surface area contributed by atoms with Crippen molar-refractivity contribution in [1.29, 1.82) is 0 Å². The fourth-order valence-electron chi connectivity index (χ4n) is 3.00. The SMILES string of the molecule is CC1(OC2CCCCC2)CCCCC1.O. The van der Waals surface area contributed by atoms with Gasteiger partial charge < -0.3 is 10.2 Å². The molecule has 2 saturated carbocycles. The summed E-state index contributed by atoms with van der Waals surface area (Å²) >= 11 is 0. The van der Waals surface area contributed by atoms with Crippen LogP contribution in [0.15, 0.2) is 0 Å². The minimum absolute atomic E-state index is 0. The van der Waals surface area contributed by atoms with Gasteiger partial charge in [-0.25, -0.2) is 0 Å². The van der Waals surface area contributed by atoms with Crippen molar-refractivity contribution in [3.05, 3.63) is 0 Å². The topological polar surface area (TPSA) is 40.7 Å². The summed E-state index contributed by atoms with van der Waals surface area (Å²) in [5.74, 6) is 0. The Balaban J connectivity index is 0.00000112. The Morgan fingerprint density at radius 3 is 2.00 bits per heavy atom. The molecule has 0 amide bonds. The molecule has 2 aliphatic rings. The van der Waals surface area contributed by atoms with E-state index in [2.05, 4.69) is 6.92 Å². The van der Waals surface area contributed by atoms with Gasteiger partial charge in [0.2, 0.25) is 0 Å². The molecule has 2 N–H and O–H groups in total. The van der Waals surface area contributed by atoms with Crippen molar-refractivity contribution in [3.63, 3.8) is 0 Å². The Bertz CT molecular complexity index is 167. The zero-order chi connectivity index (χ0) is 9.86. The molecule has 0 unspecified atom stereocenters. The normalized spacial score (nSPS) is 27.0. The van der Waals surface area contributed by atoms with Crippen molar-refractivity contribution in [2.45, 2.75) is 82.8 Å². The van der Waals surface area contributed by atoms with Crippen LogP contribution < -0.4 is 0 Å². The summed E-state index contributed by atoms with van der Waals surface area (Å²) < 4.78 is 6.32. The van der Waals surface area contributed by atoms with Gasteiger partial charge in [-0.1, -0.05) is 38.5 Å². The van der Waals surface area contributed by atoms with E-state index in [-0.39, 0.29) is 11.1 Å². The van der Waals surface area contributed by atoms with Crippen LogP contribution in [-0.4, -0.2) is 17.2 Å². The molecule has 0 aliphatic heterocycles. The maximum absolute atomic E-state index is 6.32. The first kappa shape index (κ1) is 13.0. The Hall–Kier alpha value is -0.0800. The van der Waals surface area contributed by atoms with E-state index in [1.807, 2.05) is 0 Å². The van der Waals surface area contributed by atoms with Crippen molar-refractivity contribution >= 4 is 0 Å². The van der Waals surface area contributed by atoms with Crippen molar-refractivity contribution in [3.8, 4) is 0 Å².